The molecule has 0 unspecified atom stereocenters. The second-order valence-electron chi connectivity index (χ2n) is 4.59. The lowest BCUT2D eigenvalue weighted by Gasteiger charge is -2.18. The number of amides is 1. The van der Waals surface area contributed by atoms with E-state index in [0.717, 1.165) is 0 Å². The van der Waals surface area contributed by atoms with E-state index in [1.807, 2.05) is 0 Å². The molecule has 0 radical (unpaired) electrons. The maximum absolute atomic E-state index is 13.4. The number of benzene rings is 2. The van der Waals surface area contributed by atoms with Crippen molar-refractivity contribution in [1.82, 2.24) is 4.90 Å². The predicted molar refractivity (Wildman–Crippen MR) is 79.7 cm³/mol. The van der Waals surface area contributed by atoms with Gasteiger partial charge in [-0.25, -0.2) is 4.39 Å². The largest absolute Gasteiger partial charge is 0.489 e. The van der Waals surface area contributed by atoms with Gasteiger partial charge in [0.25, 0.3) is 5.91 Å². The third-order valence-corrected chi connectivity index (χ3v) is 3.06. The number of carbonyl (C=O) groups excluding carboxylic acids is 1. The van der Waals surface area contributed by atoms with Crippen molar-refractivity contribution in [3.8, 4) is 5.75 Å². The third-order valence-electron chi connectivity index (χ3n) is 3.06. The van der Waals surface area contributed by atoms with Gasteiger partial charge in [0.15, 0.2) is 11.6 Å². The van der Waals surface area contributed by atoms with Crippen molar-refractivity contribution in [2.45, 2.75) is 0 Å². The molecule has 2 aromatic rings. The number of nitrogens with zero attached hydrogens (tertiary/aromatic N) is 1. The number of rotatable bonds is 5. The first kappa shape index (κ1) is 14.8. The van der Waals surface area contributed by atoms with Crippen LogP contribution in [0.15, 0.2) is 48.5 Å². The molecule has 0 atom stereocenters. The quantitative estimate of drug-likeness (QED) is 0.860. The van der Waals surface area contributed by atoms with Gasteiger partial charge in [0.2, 0.25) is 0 Å². The Kier molecular flexibility index (Phi) is 4.77. The van der Waals surface area contributed by atoms with Gasteiger partial charge in [-0.3, -0.25) is 4.79 Å². The molecule has 2 N–H and O–H groups in total. The first-order valence-electron chi connectivity index (χ1n) is 6.57. The van der Waals surface area contributed by atoms with E-state index in [2.05, 4.69) is 0 Å². The lowest BCUT2D eigenvalue weighted by molar-refractivity contribution is 0.0774. The predicted octanol–water partition coefficient (Wildman–Crippen LogP) is 2.56. The van der Waals surface area contributed by atoms with Crippen molar-refractivity contribution < 1.29 is 13.9 Å². The smallest absolute Gasteiger partial charge is 0.255 e. The second-order valence-corrected chi connectivity index (χ2v) is 4.59. The Balaban J connectivity index is 1.90. The molecule has 0 aliphatic rings. The third kappa shape index (κ3) is 3.72. The molecule has 1 amide bonds. The van der Waals surface area contributed by atoms with Gasteiger partial charge in [0.05, 0.1) is 12.1 Å². The highest BCUT2D eigenvalue weighted by atomic mass is 19.1. The summed E-state index contributed by atoms with van der Waals surface area (Å²) in [5.74, 6) is -0.429. The minimum atomic E-state index is -0.418. The highest BCUT2D eigenvalue weighted by Gasteiger charge is 2.14. The number of para-hydroxylation sites is 2. The molecule has 0 saturated heterocycles. The molecule has 5 heteroatoms. The van der Waals surface area contributed by atoms with Crippen LogP contribution >= 0.6 is 0 Å². The Morgan fingerprint density at radius 1 is 1.19 bits per heavy atom. The number of halogens is 1. The molecule has 2 aromatic carbocycles. The summed E-state index contributed by atoms with van der Waals surface area (Å²) in [6.45, 7) is 0.539. The zero-order valence-electron chi connectivity index (χ0n) is 11.8. The summed E-state index contributed by atoms with van der Waals surface area (Å²) >= 11 is 0. The lowest BCUT2D eigenvalue weighted by atomic mass is 10.1. The molecule has 0 heterocycles. The Bertz CT molecular complexity index is 631. The highest BCUT2D eigenvalue weighted by Crippen LogP contribution is 2.16. The van der Waals surface area contributed by atoms with E-state index < -0.39 is 5.82 Å². The van der Waals surface area contributed by atoms with Gasteiger partial charge >= 0.3 is 0 Å². The number of likely N-dealkylation sites (N-methyl/N-ethyl adjacent to an activating group) is 1. The van der Waals surface area contributed by atoms with Crippen molar-refractivity contribution in [2.24, 2.45) is 0 Å². The molecule has 0 aromatic heterocycles. The summed E-state index contributed by atoms with van der Waals surface area (Å²) in [5, 5.41) is 0. The number of nitrogen functional groups attached to an aromatic ring is 1. The molecule has 0 spiro atoms. The van der Waals surface area contributed by atoms with Gasteiger partial charge in [-0.1, -0.05) is 24.3 Å². The maximum atomic E-state index is 13.4. The summed E-state index contributed by atoms with van der Waals surface area (Å²) in [5.41, 5.74) is 6.66. The maximum Gasteiger partial charge on any atom is 0.255 e. The number of anilines is 1. The van der Waals surface area contributed by atoms with Crippen molar-refractivity contribution in [1.29, 1.82) is 0 Å². The summed E-state index contributed by atoms with van der Waals surface area (Å²) in [7, 11) is 1.65. The van der Waals surface area contributed by atoms with Gasteiger partial charge < -0.3 is 15.4 Å². The molecule has 110 valence electrons. The van der Waals surface area contributed by atoms with Crippen LogP contribution in [-0.4, -0.2) is 31.0 Å². The van der Waals surface area contributed by atoms with Gasteiger partial charge in [-0.2, -0.15) is 0 Å². The van der Waals surface area contributed by atoms with Gasteiger partial charge in [0, 0.05) is 12.7 Å². The summed E-state index contributed by atoms with van der Waals surface area (Å²) in [6.07, 6.45) is 0. The molecule has 0 fully saturated rings. The molecule has 4 nitrogen and oxygen atoms in total. The Hall–Kier alpha value is -2.56. The van der Waals surface area contributed by atoms with Crippen LogP contribution < -0.4 is 10.5 Å². The first-order chi connectivity index (χ1) is 10.1. The van der Waals surface area contributed by atoms with E-state index in [4.69, 9.17) is 10.5 Å². The summed E-state index contributed by atoms with van der Waals surface area (Å²) < 4.78 is 18.7. The fourth-order valence-electron chi connectivity index (χ4n) is 1.85. The minimum absolute atomic E-state index is 0.178. The van der Waals surface area contributed by atoms with Gasteiger partial charge in [-0.15, -0.1) is 0 Å². The molecule has 2 rings (SSSR count). The van der Waals surface area contributed by atoms with Crippen molar-refractivity contribution in [3.63, 3.8) is 0 Å². The van der Waals surface area contributed by atoms with E-state index in [0.29, 0.717) is 17.8 Å². The van der Waals surface area contributed by atoms with E-state index >= 15 is 0 Å². The Labute approximate surface area is 122 Å². The normalized spacial score (nSPS) is 10.2. The van der Waals surface area contributed by atoms with E-state index in [1.54, 1.807) is 49.5 Å². The average Bonchev–Trinajstić information content (AvgIpc) is 2.49. The number of nitrogens with two attached hydrogens (primary N) is 1. The van der Waals surface area contributed by atoms with Crippen LogP contribution in [0.5, 0.6) is 5.75 Å². The fourth-order valence-corrected chi connectivity index (χ4v) is 1.85. The van der Waals surface area contributed by atoms with E-state index in [1.165, 1.54) is 11.0 Å². The number of hydrogen-bond donors (Lipinski definition) is 1. The number of hydrogen-bond acceptors (Lipinski definition) is 3. The zero-order valence-corrected chi connectivity index (χ0v) is 11.8. The standard InChI is InChI=1S/C16H17FN2O2/c1-19(16(20)12-6-2-4-8-14(12)18)10-11-21-15-9-5-3-7-13(15)17/h2-9H,10-11,18H2,1H3. The van der Waals surface area contributed by atoms with Crippen LogP contribution in [0.1, 0.15) is 10.4 Å². The number of ether oxygens (including phenoxy) is 1. The summed E-state index contributed by atoms with van der Waals surface area (Å²) in [6, 6.07) is 13.0. The fraction of sp³-hybridized carbons (Fsp3) is 0.188. The van der Waals surface area contributed by atoms with Crippen LogP contribution in [0.25, 0.3) is 0 Å². The van der Waals surface area contributed by atoms with E-state index in [9.17, 15) is 9.18 Å². The van der Waals surface area contributed by atoms with Crippen LogP contribution in [0.3, 0.4) is 0 Å². The van der Waals surface area contributed by atoms with Crippen LogP contribution in [0, 0.1) is 5.82 Å². The lowest BCUT2D eigenvalue weighted by Crippen LogP contribution is -2.31. The van der Waals surface area contributed by atoms with Crippen LogP contribution in [-0.2, 0) is 0 Å². The second kappa shape index (κ2) is 6.74. The molecule has 0 aliphatic heterocycles. The highest BCUT2D eigenvalue weighted by molar-refractivity contribution is 5.98. The SMILES string of the molecule is CN(CCOc1ccccc1F)C(=O)c1ccccc1N. The first-order valence-corrected chi connectivity index (χ1v) is 6.57. The van der Waals surface area contributed by atoms with Crippen LogP contribution in [0.2, 0.25) is 0 Å². The number of carbonyl (C=O) groups is 1. The van der Waals surface area contributed by atoms with Crippen molar-refractivity contribution in [2.75, 3.05) is 25.9 Å². The minimum Gasteiger partial charge on any atom is -0.489 e. The van der Waals surface area contributed by atoms with Gasteiger partial charge in [0.1, 0.15) is 6.61 Å². The molecule has 0 aliphatic carbocycles. The zero-order chi connectivity index (χ0) is 15.2. The monoisotopic (exact) mass is 288 g/mol. The van der Waals surface area contributed by atoms with Gasteiger partial charge in [-0.05, 0) is 24.3 Å². The topological polar surface area (TPSA) is 55.6 Å². The molecule has 0 bridgehead atoms. The average molecular weight is 288 g/mol. The molecule has 21 heavy (non-hydrogen) atoms. The van der Waals surface area contributed by atoms with Crippen LogP contribution in [0.4, 0.5) is 10.1 Å². The molecule has 0 saturated carbocycles. The summed E-state index contributed by atoms with van der Waals surface area (Å²) in [4.78, 5) is 13.7. The Morgan fingerprint density at radius 3 is 2.57 bits per heavy atom. The molecular weight excluding hydrogens is 271 g/mol. The molecular formula is C16H17FN2O2. The van der Waals surface area contributed by atoms with Crippen molar-refractivity contribution in [3.05, 3.63) is 59.9 Å². The van der Waals surface area contributed by atoms with E-state index in [-0.39, 0.29) is 18.3 Å². The Morgan fingerprint density at radius 2 is 1.86 bits per heavy atom. The van der Waals surface area contributed by atoms with Crippen molar-refractivity contribution >= 4 is 11.6 Å².